The van der Waals surface area contributed by atoms with Crippen LogP contribution in [0.4, 0.5) is 4.79 Å². The Hall–Kier alpha value is -1.30. The Bertz CT molecular complexity index is 613. The van der Waals surface area contributed by atoms with Crippen LogP contribution in [0.3, 0.4) is 0 Å². The minimum Gasteiger partial charge on any atom is -0.389 e. The van der Waals surface area contributed by atoms with Crippen molar-refractivity contribution in [2.75, 3.05) is 6.54 Å². The molecule has 0 aromatic heterocycles. The molecule has 1 aliphatic heterocycles. The molecule has 1 heterocycles. The molecule has 1 unspecified atom stereocenters. The molecule has 114 valence electrons. The Morgan fingerprint density at radius 3 is 2.48 bits per heavy atom. The fourth-order valence-corrected chi connectivity index (χ4v) is 2.90. The number of β-amino-alcohol motifs (C(OH)–C–C–N with tert-alkyl or cyclic N) is 1. The van der Waals surface area contributed by atoms with Crippen molar-refractivity contribution in [3.8, 4) is 0 Å². The predicted octanol–water partition coefficient (Wildman–Crippen LogP) is 2.53. The first kappa shape index (κ1) is 16.1. The summed E-state index contributed by atoms with van der Waals surface area (Å²) in [5.74, 6) is -0.459. The van der Waals surface area contributed by atoms with Crippen LogP contribution in [-0.2, 0) is 10.3 Å². The smallest absolute Gasteiger partial charge is 0.325 e. The number of carbonyl (C=O) groups excluding carboxylic acids is 2. The molecule has 0 aliphatic carbocycles. The van der Waals surface area contributed by atoms with Crippen molar-refractivity contribution >= 4 is 35.1 Å². The van der Waals surface area contributed by atoms with E-state index in [1.165, 1.54) is 19.9 Å². The lowest BCUT2D eigenvalue weighted by atomic mass is 9.91. The number of hydrogen-bond donors (Lipinski definition) is 2. The number of amides is 3. The number of nitrogens with zero attached hydrogens (tertiary/aromatic N) is 1. The molecule has 0 spiro atoms. The molecule has 1 aromatic carbocycles. The third-order valence-electron chi connectivity index (χ3n) is 3.29. The van der Waals surface area contributed by atoms with Gasteiger partial charge in [0.15, 0.2) is 0 Å². The standard InChI is InChI=1S/C14H16Cl2N2O3/c1-13(2,21)7-18-11(19)14(3,17-12(18)20)9-5-4-8(15)6-10(9)16/h4-6,21H,7H2,1-3H3,(H,17,20). The highest BCUT2D eigenvalue weighted by Gasteiger charge is 2.50. The average molecular weight is 331 g/mol. The molecule has 21 heavy (non-hydrogen) atoms. The molecule has 1 aromatic rings. The van der Waals surface area contributed by atoms with Crippen LogP contribution in [0.2, 0.25) is 10.0 Å². The van der Waals surface area contributed by atoms with Gasteiger partial charge in [-0.2, -0.15) is 0 Å². The second-order valence-electron chi connectivity index (χ2n) is 5.88. The van der Waals surface area contributed by atoms with E-state index < -0.39 is 23.1 Å². The lowest BCUT2D eigenvalue weighted by Gasteiger charge is -2.26. The summed E-state index contributed by atoms with van der Waals surface area (Å²) in [5, 5.41) is 13.2. The van der Waals surface area contributed by atoms with E-state index in [0.717, 1.165) is 4.90 Å². The Morgan fingerprint density at radius 2 is 1.95 bits per heavy atom. The molecule has 0 radical (unpaired) electrons. The highest BCUT2D eigenvalue weighted by atomic mass is 35.5. The summed E-state index contributed by atoms with van der Waals surface area (Å²) in [6.07, 6.45) is 0. The summed E-state index contributed by atoms with van der Waals surface area (Å²) in [6.45, 7) is 4.53. The number of hydrogen-bond acceptors (Lipinski definition) is 3. The van der Waals surface area contributed by atoms with Crippen molar-refractivity contribution in [2.24, 2.45) is 0 Å². The van der Waals surface area contributed by atoms with E-state index in [1.807, 2.05) is 0 Å². The van der Waals surface area contributed by atoms with Crippen molar-refractivity contribution in [3.05, 3.63) is 33.8 Å². The van der Waals surface area contributed by atoms with Crippen LogP contribution in [0.5, 0.6) is 0 Å². The molecule has 2 N–H and O–H groups in total. The molecule has 1 atom stereocenters. The van der Waals surface area contributed by atoms with Gasteiger partial charge in [-0.25, -0.2) is 4.79 Å². The number of carbonyl (C=O) groups is 2. The van der Waals surface area contributed by atoms with Gasteiger partial charge >= 0.3 is 6.03 Å². The number of aliphatic hydroxyl groups is 1. The van der Waals surface area contributed by atoms with Crippen molar-refractivity contribution in [1.82, 2.24) is 10.2 Å². The van der Waals surface area contributed by atoms with Crippen LogP contribution in [0.15, 0.2) is 18.2 Å². The van der Waals surface area contributed by atoms with E-state index in [-0.39, 0.29) is 6.54 Å². The van der Waals surface area contributed by atoms with E-state index in [9.17, 15) is 14.7 Å². The first-order chi connectivity index (χ1) is 9.54. The summed E-state index contributed by atoms with van der Waals surface area (Å²) in [4.78, 5) is 25.6. The average Bonchev–Trinajstić information content (AvgIpc) is 2.52. The van der Waals surface area contributed by atoms with Crippen molar-refractivity contribution in [1.29, 1.82) is 0 Å². The fourth-order valence-electron chi connectivity index (χ4n) is 2.31. The van der Waals surface area contributed by atoms with Crippen LogP contribution in [0, 0.1) is 0 Å². The third kappa shape index (κ3) is 3.00. The molecule has 7 heteroatoms. The zero-order chi connectivity index (χ0) is 16.0. The second kappa shape index (κ2) is 5.16. The van der Waals surface area contributed by atoms with Crippen molar-refractivity contribution in [2.45, 2.75) is 31.9 Å². The zero-order valence-corrected chi connectivity index (χ0v) is 13.4. The van der Waals surface area contributed by atoms with Gasteiger partial charge in [0.25, 0.3) is 5.91 Å². The maximum Gasteiger partial charge on any atom is 0.325 e. The first-order valence-corrected chi connectivity index (χ1v) is 7.12. The Labute approximate surface area is 132 Å². The van der Waals surface area contributed by atoms with Crippen molar-refractivity contribution < 1.29 is 14.7 Å². The predicted molar refractivity (Wildman–Crippen MR) is 80.4 cm³/mol. The van der Waals surface area contributed by atoms with E-state index in [4.69, 9.17) is 23.2 Å². The van der Waals surface area contributed by atoms with Crippen LogP contribution in [-0.4, -0.2) is 34.1 Å². The van der Waals surface area contributed by atoms with Gasteiger partial charge in [0.1, 0.15) is 5.54 Å². The topological polar surface area (TPSA) is 69.6 Å². The third-order valence-corrected chi connectivity index (χ3v) is 3.84. The lowest BCUT2D eigenvalue weighted by Crippen LogP contribution is -2.44. The number of rotatable bonds is 3. The molecule has 1 aliphatic rings. The molecule has 3 amide bonds. The molecule has 0 saturated carbocycles. The van der Waals surface area contributed by atoms with Crippen LogP contribution >= 0.6 is 23.2 Å². The number of nitrogens with one attached hydrogen (secondary N) is 1. The molecular weight excluding hydrogens is 315 g/mol. The molecule has 1 fully saturated rings. The van der Waals surface area contributed by atoms with Crippen LogP contribution < -0.4 is 5.32 Å². The summed E-state index contributed by atoms with van der Waals surface area (Å²) >= 11 is 12.0. The van der Waals surface area contributed by atoms with Crippen LogP contribution in [0.1, 0.15) is 26.3 Å². The minimum absolute atomic E-state index is 0.0987. The van der Waals surface area contributed by atoms with Crippen molar-refractivity contribution in [3.63, 3.8) is 0 Å². The quantitative estimate of drug-likeness (QED) is 0.836. The summed E-state index contributed by atoms with van der Waals surface area (Å²) in [6, 6.07) is 4.17. The molecule has 1 saturated heterocycles. The molecule has 2 rings (SSSR count). The van der Waals surface area contributed by atoms with Gasteiger partial charge in [0, 0.05) is 15.6 Å². The van der Waals surface area contributed by atoms with E-state index in [1.54, 1.807) is 19.1 Å². The van der Waals surface area contributed by atoms with Gasteiger partial charge in [-0.1, -0.05) is 29.3 Å². The largest absolute Gasteiger partial charge is 0.389 e. The first-order valence-electron chi connectivity index (χ1n) is 6.36. The Balaban J connectivity index is 2.40. The van der Waals surface area contributed by atoms with Crippen LogP contribution in [0.25, 0.3) is 0 Å². The van der Waals surface area contributed by atoms with Gasteiger partial charge < -0.3 is 10.4 Å². The van der Waals surface area contributed by atoms with Gasteiger partial charge in [0.2, 0.25) is 0 Å². The molecular formula is C14H16Cl2N2O3. The van der Waals surface area contributed by atoms with E-state index >= 15 is 0 Å². The Morgan fingerprint density at radius 1 is 1.33 bits per heavy atom. The van der Waals surface area contributed by atoms with E-state index in [0.29, 0.717) is 15.6 Å². The highest BCUT2D eigenvalue weighted by Crippen LogP contribution is 2.35. The number of halogens is 2. The zero-order valence-electron chi connectivity index (χ0n) is 11.9. The summed E-state index contributed by atoms with van der Waals surface area (Å²) < 4.78 is 0. The molecule has 0 bridgehead atoms. The van der Waals surface area contributed by atoms with Gasteiger partial charge in [-0.05, 0) is 32.9 Å². The van der Waals surface area contributed by atoms with Gasteiger partial charge in [-0.3, -0.25) is 9.69 Å². The summed E-state index contributed by atoms with van der Waals surface area (Å²) in [7, 11) is 0. The Kier molecular flexibility index (Phi) is 3.95. The van der Waals surface area contributed by atoms with Gasteiger partial charge in [-0.15, -0.1) is 0 Å². The number of benzene rings is 1. The minimum atomic E-state index is -1.27. The number of imide groups is 1. The second-order valence-corrected chi connectivity index (χ2v) is 6.73. The maximum absolute atomic E-state index is 12.6. The molecule has 5 nitrogen and oxygen atoms in total. The summed E-state index contributed by atoms with van der Waals surface area (Å²) in [5.41, 5.74) is -1.99. The highest BCUT2D eigenvalue weighted by molar-refractivity contribution is 6.35. The lowest BCUT2D eigenvalue weighted by molar-refractivity contribution is -0.133. The SMILES string of the molecule is CC(C)(O)CN1C(=O)NC(C)(c2ccc(Cl)cc2Cl)C1=O. The van der Waals surface area contributed by atoms with E-state index in [2.05, 4.69) is 5.32 Å². The van der Waals surface area contributed by atoms with Gasteiger partial charge in [0.05, 0.1) is 12.1 Å². The monoisotopic (exact) mass is 330 g/mol. The number of urea groups is 1. The normalized spacial score (nSPS) is 22.7. The fraction of sp³-hybridized carbons (Fsp3) is 0.429. The maximum atomic E-state index is 12.6.